The van der Waals surface area contributed by atoms with E-state index in [0.29, 0.717) is 45.2 Å². The molecule has 8 heteroatoms. The second-order valence-electron chi connectivity index (χ2n) is 8.83. The molecule has 2 aromatic rings. The second-order valence-corrected chi connectivity index (χ2v) is 10.8. The van der Waals surface area contributed by atoms with Crippen LogP contribution in [0.2, 0.25) is 0 Å². The molecule has 0 bridgehead atoms. The molecule has 2 aliphatic heterocycles. The minimum Gasteiger partial charge on any atom is -0.373 e. The number of benzene rings is 2. The van der Waals surface area contributed by atoms with Gasteiger partial charge in [0.1, 0.15) is 11.6 Å². The predicted octanol–water partition coefficient (Wildman–Crippen LogP) is 2.88. The average Bonchev–Trinajstić information content (AvgIpc) is 2.89. The van der Waals surface area contributed by atoms with Gasteiger partial charge in [0, 0.05) is 45.5 Å². The predicted molar refractivity (Wildman–Crippen MR) is 130 cm³/mol. The lowest BCUT2D eigenvalue weighted by molar-refractivity contribution is -0.128. The van der Waals surface area contributed by atoms with Crippen LogP contribution in [0.25, 0.3) is 0 Å². The van der Waals surface area contributed by atoms with E-state index < -0.39 is 10.0 Å². The molecule has 2 aromatic carbocycles. The maximum Gasteiger partial charge on any atom is 0.266 e. The van der Waals surface area contributed by atoms with Crippen LogP contribution in [0.15, 0.2) is 77.3 Å². The van der Waals surface area contributed by atoms with E-state index in [0.717, 1.165) is 19.3 Å². The fourth-order valence-electron chi connectivity index (χ4n) is 4.59. The van der Waals surface area contributed by atoms with E-state index in [4.69, 9.17) is 0 Å². The molecule has 1 amide bonds. The largest absolute Gasteiger partial charge is 0.373 e. The Balaban J connectivity index is 1.31. The highest BCUT2D eigenvalue weighted by Gasteiger charge is 2.29. The van der Waals surface area contributed by atoms with Crippen LogP contribution in [0.1, 0.15) is 18.4 Å². The van der Waals surface area contributed by atoms with Crippen molar-refractivity contribution in [2.45, 2.75) is 24.2 Å². The monoisotopic (exact) mass is 478 g/mol. The third-order valence-corrected chi connectivity index (χ3v) is 8.50. The quantitative estimate of drug-likeness (QED) is 0.471. The maximum atomic E-state index is 13.0. The third-order valence-electron chi connectivity index (χ3n) is 6.59. The molecule has 2 saturated heterocycles. The molecule has 0 spiro atoms. The van der Waals surface area contributed by atoms with Gasteiger partial charge in [0.25, 0.3) is 5.91 Å². The van der Waals surface area contributed by atoms with Gasteiger partial charge in [0.15, 0.2) is 0 Å². The summed E-state index contributed by atoms with van der Waals surface area (Å²) >= 11 is 0. The summed E-state index contributed by atoms with van der Waals surface area (Å²) in [4.78, 5) is 16.9. The first-order chi connectivity index (χ1) is 16.5. The summed E-state index contributed by atoms with van der Waals surface area (Å²) in [5.74, 6) is 0.306. The van der Waals surface area contributed by atoms with Crippen molar-refractivity contribution in [3.63, 3.8) is 0 Å². The molecule has 7 nitrogen and oxygen atoms in total. The number of carbonyl (C=O) groups is 1. The van der Waals surface area contributed by atoms with Crippen molar-refractivity contribution in [3.05, 3.63) is 78.0 Å². The zero-order chi connectivity index (χ0) is 24.0. The number of hydrogen-bond acceptors (Lipinski definition) is 5. The summed E-state index contributed by atoms with van der Waals surface area (Å²) in [7, 11) is -3.54. The fourth-order valence-corrected chi connectivity index (χ4v) is 6.03. The van der Waals surface area contributed by atoms with Crippen LogP contribution in [0, 0.1) is 17.2 Å². The smallest absolute Gasteiger partial charge is 0.266 e. The summed E-state index contributed by atoms with van der Waals surface area (Å²) in [5.41, 5.74) is 1.43. The van der Waals surface area contributed by atoms with Crippen molar-refractivity contribution in [2.24, 2.45) is 5.92 Å². The Morgan fingerprint density at radius 3 is 2.09 bits per heavy atom. The van der Waals surface area contributed by atoms with Crippen molar-refractivity contribution in [2.75, 3.05) is 39.3 Å². The van der Waals surface area contributed by atoms with E-state index in [1.165, 1.54) is 9.87 Å². The van der Waals surface area contributed by atoms with Gasteiger partial charge in [-0.3, -0.25) is 4.79 Å². The number of likely N-dealkylation sites (tertiary alicyclic amines) is 1. The van der Waals surface area contributed by atoms with Crippen molar-refractivity contribution in [1.29, 1.82) is 5.26 Å². The molecule has 178 valence electrons. The molecule has 0 radical (unpaired) electrons. The van der Waals surface area contributed by atoms with Crippen molar-refractivity contribution < 1.29 is 13.2 Å². The Hall–Kier alpha value is -3.15. The normalized spacial score (nSPS) is 18.5. The number of hydrogen-bond donors (Lipinski definition) is 0. The Bertz CT molecular complexity index is 1140. The molecule has 0 aromatic heterocycles. The summed E-state index contributed by atoms with van der Waals surface area (Å²) in [6.07, 6.45) is 4.47. The number of rotatable bonds is 6. The van der Waals surface area contributed by atoms with Crippen LogP contribution in [0.4, 0.5) is 0 Å². The summed E-state index contributed by atoms with van der Waals surface area (Å²) in [6, 6.07) is 20.8. The second kappa shape index (κ2) is 10.9. The van der Waals surface area contributed by atoms with Gasteiger partial charge >= 0.3 is 0 Å². The first kappa shape index (κ1) is 24.0. The van der Waals surface area contributed by atoms with Gasteiger partial charge in [-0.15, -0.1) is 0 Å². The molecule has 0 saturated carbocycles. The van der Waals surface area contributed by atoms with Crippen LogP contribution in [0.3, 0.4) is 0 Å². The zero-order valence-corrected chi connectivity index (χ0v) is 20.0. The lowest BCUT2D eigenvalue weighted by Gasteiger charge is -2.34. The number of sulfonamides is 1. The minimum atomic E-state index is -3.54. The number of piperidine rings is 1. The first-order valence-electron chi connectivity index (χ1n) is 11.7. The highest BCUT2D eigenvalue weighted by atomic mass is 32.2. The van der Waals surface area contributed by atoms with Crippen LogP contribution in [-0.4, -0.2) is 67.7 Å². The molecule has 0 unspecified atom stereocenters. The molecule has 2 heterocycles. The Morgan fingerprint density at radius 1 is 0.912 bits per heavy atom. The highest BCUT2D eigenvalue weighted by molar-refractivity contribution is 7.89. The van der Waals surface area contributed by atoms with Gasteiger partial charge in [0.05, 0.1) is 4.90 Å². The van der Waals surface area contributed by atoms with Gasteiger partial charge in [-0.2, -0.15) is 9.57 Å². The number of carbonyl (C=O) groups excluding carboxylic acids is 1. The Morgan fingerprint density at radius 2 is 1.50 bits per heavy atom. The van der Waals surface area contributed by atoms with Gasteiger partial charge < -0.3 is 9.80 Å². The number of nitriles is 1. The molecule has 0 N–H and O–H groups in total. The Labute approximate surface area is 201 Å². The van der Waals surface area contributed by atoms with Crippen LogP contribution in [-0.2, 0) is 21.2 Å². The van der Waals surface area contributed by atoms with E-state index in [2.05, 4.69) is 30.3 Å². The molecule has 0 atom stereocenters. The van der Waals surface area contributed by atoms with Gasteiger partial charge in [-0.1, -0.05) is 48.5 Å². The molecule has 4 rings (SSSR count). The number of amides is 1. The van der Waals surface area contributed by atoms with Crippen molar-refractivity contribution in [1.82, 2.24) is 14.1 Å². The molecular formula is C26H30N4O3S. The summed E-state index contributed by atoms with van der Waals surface area (Å²) in [5, 5.41) is 9.64. The number of nitrogens with zero attached hydrogens (tertiary/aromatic N) is 4. The lowest BCUT2D eigenvalue weighted by atomic mass is 9.90. The van der Waals surface area contributed by atoms with Crippen molar-refractivity contribution >= 4 is 15.9 Å². The first-order valence-corrected chi connectivity index (χ1v) is 13.2. The van der Waals surface area contributed by atoms with Gasteiger partial charge in [0.2, 0.25) is 10.0 Å². The molecular weight excluding hydrogens is 448 g/mol. The lowest BCUT2D eigenvalue weighted by Crippen LogP contribution is -2.47. The topological polar surface area (TPSA) is 84.7 Å². The van der Waals surface area contributed by atoms with Crippen molar-refractivity contribution in [3.8, 4) is 6.07 Å². The fraction of sp³-hybridized carbons (Fsp3) is 0.385. The van der Waals surface area contributed by atoms with E-state index in [-0.39, 0.29) is 16.4 Å². The number of piperazine rings is 1. The van der Waals surface area contributed by atoms with Gasteiger partial charge in [-0.25, -0.2) is 8.42 Å². The average molecular weight is 479 g/mol. The van der Waals surface area contributed by atoms with Crippen LogP contribution < -0.4 is 0 Å². The van der Waals surface area contributed by atoms with Gasteiger partial charge in [-0.05, 0) is 42.9 Å². The SMILES string of the molecule is N#C/C(=C/N1CCN(S(=O)(=O)c2ccccc2)CC1)C(=O)N1CCC(Cc2ccccc2)CC1. The summed E-state index contributed by atoms with van der Waals surface area (Å²) < 4.78 is 27.1. The van der Waals surface area contributed by atoms with E-state index >= 15 is 0 Å². The molecule has 2 aliphatic rings. The third kappa shape index (κ3) is 5.66. The highest BCUT2D eigenvalue weighted by Crippen LogP contribution is 2.23. The molecule has 0 aliphatic carbocycles. The Kier molecular flexibility index (Phi) is 7.66. The summed E-state index contributed by atoms with van der Waals surface area (Å²) in [6.45, 7) is 2.79. The minimum absolute atomic E-state index is 0.112. The maximum absolute atomic E-state index is 13.0. The molecule has 34 heavy (non-hydrogen) atoms. The van der Waals surface area contributed by atoms with Crippen LogP contribution >= 0.6 is 0 Å². The zero-order valence-electron chi connectivity index (χ0n) is 19.2. The van der Waals surface area contributed by atoms with E-state index in [9.17, 15) is 18.5 Å². The van der Waals surface area contributed by atoms with E-state index in [1.807, 2.05) is 11.0 Å². The van der Waals surface area contributed by atoms with Crippen LogP contribution in [0.5, 0.6) is 0 Å². The van der Waals surface area contributed by atoms with E-state index in [1.54, 1.807) is 41.4 Å². The standard InChI is InChI=1S/C26H30N4O3S/c27-20-24(26(31)29-13-11-23(12-14-29)19-22-7-3-1-4-8-22)21-28-15-17-30(18-16-28)34(32,33)25-9-5-2-6-10-25/h1-10,21,23H,11-19H2/b24-21-. The molecule has 2 fully saturated rings.